The number of phenolic OH excluding ortho intramolecular Hbond substituents is 1. The maximum absolute atomic E-state index is 13.9. The van der Waals surface area contributed by atoms with Crippen molar-refractivity contribution in [2.24, 2.45) is 0 Å². The number of aromatic hydroxyl groups is 1. The number of hydrogen-bond acceptors (Lipinski definition) is 13. The number of benzene rings is 3. The SMILES string of the molecule is COP(O)(=S)OCCCCCCNC(=O)CCC(=O)N1Cc2ccccc2-c2c(nnn2CCOCCOCCOCCOCCC(=O)NCCc2c[nH]c3ccc(O)cc23)-c2ccccc21. The largest absolute Gasteiger partial charge is 0.508 e. The molecule has 0 spiro atoms. The zero-order valence-electron chi connectivity index (χ0n) is 38.0. The summed E-state index contributed by atoms with van der Waals surface area (Å²) in [5.74, 6) is -0.224. The van der Waals surface area contributed by atoms with Crippen LogP contribution in [0.1, 0.15) is 56.1 Å². The fourth-order valence-electron chi connectivity index (χ4n) is 7.55. The first-order valence-corrected chi connectivity index (χ1v) is 25.3. The van der Waals surface area contributed by atoms with Gasteiger partial charge in [-0.25, -0.2) is 4.68 Å². The number of para-hydroxylation sites is 1. The number of ether oxygens (including phenoxy) is 4. The van der Waals surface area contributed by atoms with Gasteiger partial charge in [-0.1, -0.05) is 60.5 Å². The molecule has 6 rings (SSSR count). The summed E-state index contributed by atoms with van der Waals surface area (Å²) in [6.07, 6.45) is 6.15. The molecule has 2 aromatic heterocycles. The van der Waals surface area contributed by atoms with Crippen molar-refractivity contribution in [1.29, 1.82) is 0 Å². The highest BCUT2D eigenvalue weighted by Crippen LogP contribution is 2.43. The molecular formula is C47H62N7O11PS. The van der Waals surface area contributed by atoms with Crippen molar-refractivity contribution in [2.45, 2.75) is 64.5 Å². The van der Waals surface area contributed by atoms with Gasteiger partial charge < -0.3 is 58.5 Å². The van der Waals surface area contributed by atoms with Crippen LogP contribution in [-0.2, 0) is 73.7 Å². The Morgan fingerprint density at radius 1 is 0.776 bits per heavy atom. The Bertz CT molecular complexity index is 2410. The second kappa shape index (κ2) is 27.1. The number of carbonyl (C=O) groups is 3. The van der Waals surface area contributed by atoms with Gasteiger partial charge in [0, 0.05) is 67.7 Å². The predicted octanol–water partition coefficient (Wildman–Crippen LogP) is 5.80. The topological polar surface area (TPSA) is 221 Å². The van der Waals surface area contributed by atoms with Crippen LogP contribution in [0.25, 0.3) is 33.4 Å². The Morgan fingerprint density at radius 2 is 1.45 bits per heavy atom. The number of aromatic nitrogens is 4. The van der Waals surface area contributed by atoms with E-state index in [0.29, 0.717) is 103 Å². The predicted molar refractivity (Wildman–Crippen MR) is 257 cm³/mol. The van der Waals surface area contributed by atoms with E-state index in [1.807, 2.05) is 65.5 Å². The highest BCUT2D eigenvalue weighted by atomic mass is 32.5. The molecular weight excluding hydrogens is 902 g/mol. The van der Waals surface area contributed by atoms with E-state index in [1.54, 1.807) is 17.0 Å². The number of amides is 3. The number of hydrogen-bond donors (Lipinski definition) is 5. The molecule has 0 saturated heterocycles. The normalized spacial score (nSPS) is 13.0. The summed E-state index contributed by atoms with van der Waals surface area (Å²) in [5, 5.41) is 25.7. The number of unbranched alkanes of at least 4 members (excludes halogenated alkanes) is 3. The molecule has 20 heteroatoms. The third-order valence-corrected chi connectivity index (χ3v) is 12.8. The Labute approximate surface area is 395 Å². The number of aromatic amines is 1. The maximum Gasteiger partial charge on any atom is 0.324 e. The van der Waals surface area contributed by atoms with Gasteiger partial charge in [-0.3, -0.25) is 14.4 Å². The van der Waals surface area contributed by atoms with Crippen molar-refractivity contribution in [3.63, 3.8) is 0 Å². The number of nitrogens with one attached hydrogen (secondary N) is 3. The Kier molecular flexibility index (Phi) is 20.7. The lowest BCUT2D eigenvalue weighted by atomic mass is 9.95. The van der Waals surface area contributed by atoms with Crippen molar-refractivity contribution < 1.29 is 52.4 Å². The van der Waals surface area contributed by atoms with E-state index in [9.17, 15) is 24.4 Å². The highest BCUT2D eigenvalue weighted by molar-refractivity contribution is 8.07. The summed E-state index contributed by atoms with van der Waals surface area (Å²) >= 11 is 4.82. The summed E-state index contributed by atoms with van der Waals surface area (Å²) in [7, 11) is 1.33. The minimum absolute atomic E-state index is 0.0437. The zero-order valence-corrected chi connectivity index (χ0v) is 39.7. The van der Waals surface area contributed by atoms with Crippen LogP contribution in [-0.4, -0.2) is 127 Å². The fraction of sp³-hybridized carbons (Fsp3) is 0.468. The molecule has 0 saturated carbocycles. The van der Waals surface area contributed by atoms with Gasteiger partial charge in [0.05, 0.1) is 83.9 Å². The number of anilines is 1. The van der Waals surface area contributed by atoms with Crippen LogP contribution in [0.3, 0.4) is 0 Å². The van der Waals surface area contributed by atoms with E-state index >= 15 is 0 Å². The summed E-state index contributed by atoms with van der Waals surface area (Å²) in [5.41, 5.74) is 6.78. The Hall–Kier alpha value is -5.08. The van der Waals surface area contributed by atoms with Crippen LogP contribution in [0.4, 0.5) is 5.69 Å². The standard InChI is InChI=1S/C47H62N7O11PS/c1-60-66(59,67)65-23-9-3-2-8-20-48-43(56)16-17-45(58)53-34-36-10-4-5-11-38(36)47-46(39-12-6-7-13-42(39)53)51-52-54(47)22-25-62-27-29-64-31-30-63-28-26-61-24-19-44(57)49-21-18-35-33-50-41-15-14-37(55)32-40(35)41/h4-7,10-15,32-33,50,55H,2-3,8-9,16-31,34H2,1H3,(H,48,56)(H,49,57)(H,59,67). The van der Waals surface area contributed by atoms with Gasteiger partial charge in [-0.2, -0.15) is 0 Å². The van der Waals surface area contributed by atoms with E-state index in [2.05, 4.69) is 25.9 Å². The molecule has 1 atom stereocenters. The highest BCUT2D eigenvalue weighted by Gasteiger charge is 2.29. The van der Waals surface area contributed by atoms with Crippen LogP contribution in [0.15, 0.2) is 72.9 Å². The number of phenols is 1. The molecule has 3 amide bonds. The van der Waals surface area contributed by atoms with Crippen LogP contribution >= 0.6 is 6.72 Å². The molecule has 0 aliphatic carbocycles. The molecule has 1 aliphatic rings. The second-order valence-corrected chi connectivity index (χ2v) is 18.7. The van der Waals surface area contributed by atoms with Crippen molar-refractivity contribution in [2.75, 3.05) is 84.6 Å². The molecule has 1 aliphatic heterocycles. The second-order valence-electron chi connectivity index (χ2n) is 15.8. The molecule has 362 valence electrons. The summed E-state index contributed by atoms with van der Waals surface area (Å²) < 4.78 is 34.5. The van der Waals surface area contributed by atoms with Crippen LogP contribution in [0, 0.1) is 0 Å². The Morgan fingerprint density at radius 3 is 2.22 bits per heavy atom. The molecule has 3 aromatic carbocycles. The van der Waals surface area contributed by atoms with Gasteiger partial charge in [0.15, 0.2) is 0 Å². The summed E-state index contributed by atoms with van der Waals surface area (Å²) in [6, 6.07) is 20.7. The fourth-order valence-corrected chi connectivity index (χ4v) is 8.24. The smallest absolute Gasteiger partial charge is 0.324 e. The van der Waals surface area contributed by atoms with E-state index < -0.39 is 6.72 Å². The first-order valence-electron chi connectivity index (χ1n) is 22.7. The summed E-state index contributed by atoms with van der Waals surface area (Å²) in [4.78, 5) is 53.4. The first kappa shape index (κ1) is 51.3. The van der Waals surface area contributed by atoms with Crippen molar-refractivity contribution in [1.82, 2.24) is 30.6 Å². The van der Waals surface area contributed by atoms with E-state index in [4.69, 9.17) is 39.8 Å². The third kappa shape index (κ3) is 16.0. The molecule has 0 bridgehead atoms. The van der Waals surface area contributed by atoms with Crippen LogP contribution in [0.2, 0.25) is 0 Å². The number of nitrogens with zero attached hydrogens (tertiary/aromatic N) is 4. The van der Waals surface area contributed by atoms with Gasteiger partial charge in [-0.05, 0) is 66.5 Å². The van der Waals surface area contributed by atoms with Crippen molar-refractivity contribution in [3.8, 4) is 28.3 Å². The minimum Gasteiger partial charge on any atom is -0.508 e. The Balaban J connectivity index is 0.850. The van der Waals surface area contributed by atoms with Crippen LogP contribution < -0.4 is 15.5 Å². The average molecular weight is 964 g/mol. The molecule has 5 aromatic rings. The van der Waals surface area contributed by atoms with Gasteiger partial charge >= 0.3 is 6.72 Å². The average Bonchev–Trinajstić information content (AvgIpc) is 3.93. The minimum atomic E-state index is -3.13. The van der Waals surface area contributed by atoms with E-state index in [-0.39, 0.29) is 42.7 Å². The molecule has 3 heterocycles. The third-order valence-electron chi connectivity index (χ3n) is 11.0. The maximum atomic E-state index is 13.9. The molecule has 67 heavy (non-hydrogen) atoms. The molecule has 5 N–H and O–H groups in total. The van der Waals surface area contributed by atoms with Crippen molar-refractivity contribution >= 4 is 52.8 Å². The number of fused-ring (bicyclic) bond motifs is 6. The molecule has 18 nitrogen and oxygen atoms in total. The molecule has 1 unspecified atom stereocenters. The monoisotopic (exact) mass is 963 g/mol. The molecule has 0 fully saturated rings. The van der Waals surface area contributed by atoms with E-state index in [0.717, 1.165) is 64.5 Å². The lowest BCUT2D eigenvalue weighted by Crippen LogP contribution is -2.33. The van der Waals surface area contributed by atoms with Crippen molar-refractivity contribution in [3.05, 3.63) is 84.1 Å². The number of rotatable bonds is 30. The number of H-pyrrole nitrogens is 1. The van der Waals surface area contributed by atoms with Gasteiger partial charge in [0.2, 0.25) is 17.7 Å². The molecule has 0 radical (unpaired) electrons. The quantitative estimate of drug-likeness (QED) is 0.0272. The number of carbonyl (C=O) groups excluding carboxylic acids is 3. The van der Waals surface area contributed by atoms with Gasteiger partial charge in [0.1, 0.15) is 11.4 Å². The lowest BCUT2D eigenvalue weighted by molar-refractivity contribution is -0.125. The zero-order chi connectivity index (χ0) is 47.3. The summed E-state index contributed by atoms with van der Waals surface area (Å²) in [6.45, 7) is 1.97. The van der Waals surface area contributed by atoms with Crippen LogP contribution in [0.5, 0.6) is 5.75 Å². The van der Waals surface area contributed by atoms with Gasteiger partial charge in [-0.15, -0.1) is 5.10 Å². The lowest BCUT2D eigenvalue weighted by Gasteiger charge is -2.28. The van der Waals surface area contributed by atoms with E-state index in [1.165, 1.54) is 7.11 Å². The van der Waals surface area contributed by atoms with Gasteiger partial charge in [0.25, 0.3) is 0 Å². The first-order chi connectivity index (χ1) is 32.6.